The van der Waals surface area contributed by atoms with Gasteiger partial charge in [0.15, 0.2) is 5.78 Å². The number of Topliss-reactive ketones (excluding diaryl/α,β-unsaturated/α-hetero) is 1. The van der Waals surface area contributed by atoms with Crippen molar-refractivity contribution in [2.24, 2.45) is 0 Å². The largest absolute Gasteiger partial charge is 0.386 e. The summed E-state index contributed by atoms with van der Waals surface area (Å²) in [5.41, 5.74) is 0.377. The first-order valence-electron chi connectivity index (χ1n) is 7.09. The molecule has 5 heteroatoms. The molecular weight excluding hydrogens is 366 g/mol. The fourth-order valence-electron chi connectivity index (χ4n) is 2.27. The van der Waals surface area contributed by atoms with Crippen molar-refractivity contribution in [3.63, 3.8) is 0 Å². The number of ketones is 1. The van der Waals surface area contributed by atoms with Gasteiger partial charge in [0, 0.05) is 10.9 Å². The van der Waals surface area contributed by atoms with E-state index in [0.717, 1.165) is 11.6 Å². The molecule has 2 nitrogen and oxygen atoms in total. The van der Waals surface area contributed by atoms with Crippen molar-refractivity contribution in [1.29, 1.82) is 0 Å². The van der Waals surface area contributed by atoms with Crippen molar-refractivity contribution in [3.8, 4) is 0 Å². The molecule has 0 atom stereocenters. The molecule has 0 heterocycles. The Balaban J connectivity index is 2.32. The normalized spacial score (nSPS) is 11.6. The first-order chi connectivity index (χ1) is 10.6. The number of aliphatic hydroxyl groups is 1. The van der Waals surface area contributed by atoms with Gasteiger partial charge in [-0.15, -0.1) is 0 Å². The molecule has 1 N–H and O–H groups in total. The summed E-state index contributed by atoms with van der Waals surface area (Å²) >= 11 is 3.24. The number of halogens is 3. The van der Waals surface area contributed by atoms with Crippen LogP contribution in [0.15, 0.2) is 34.8 Å². The molecule has 0 fully saturated rings. The Morgan fingerprint density at radius 2 is 1.87 bits per heavy atom. The molecule has 0 aromatic heterocycles. The number of carbonyl (C=O) groups is 1. The lowest BCUT2D eigenvalue weighted by Gasteiger charge is -2.18. The highest BCUT2D eigenvalue weighted by molar-refractivity contribution is 9.10. The van der Waals surface area contributed by atoms with Crippen LogP contribution in [0.3, 0.4) is 0 Å². The fourth-order valence-corrected chi connectivity index (χ4v) is 2.75. The maximum atomic E-state index is 14.2. The molecule has 0 saturated heterocycles. The third kappa shape index (κ3) is 4.03. The van der Waals surface area contributed by atoms with Crippen LogP contribution < -0.4 is 0 Å². The highest BCUT2D eigenvalue weighted by Gasteiger charge is 2.20. The minimum atomic E-state index is -1.19. The summed E-state index contributed by atoms with van der Waals surface area (Å²) in [5.74, 6) is -1.59. The molecule has 0 spiro atoms. The van der Waals surface area contributed by atoms with Crippen LogP contribution in [0.5, 0.6) is 0 Å². The SMILES string of the molecule is Cc1c(Br)cc(F)cc1CC(=O)c1ccc(C(C)(C)O)cc1F. The van der Waals surface area contributed by atoms with E-state index in [0.29, 0.717) is 15.6 Å². The summed E-state index contributed by atoms with van der Waals surface area (Å²) in [6, 6.07) is 6.63. The fraction of sp³-hybridized carbons (Fsp3) is 0.278. The van der Waals surface area contributed by atoms with Gasteiger partial charge in [0.2, 0.25) is 0 Å². The second-order valence-electron chi connectivity index (χ2n) is 6.03. The van der Waals surface area contributed by atoms with Crippen LogP contribution in [0.2, 0.25) is 0 Å². The minimum Gasteiger partial charge on any atom is -0.386 e. The monoisotopic (exact) mass is 382 g/mol. The smallest absolute Gasteiger partial charge is 0.170 e. The maximum Gasteiger partial charge on any atom is 0.170 e. The van der Waals surface area contributed by atoms with Gasteiger partial charge in [0.1, 0.15) is 11.6 Å². The van der Waals surface area contributed by atoms with Gasteiger partial charge in [-0.3, -0.25) is 4.79 Å². The van der Waals surface area contributed by atoms with Crippen LogP contribution in [0.1, 0.15) is 40.9 Å². The predicted molar refractivity (Wildman–Crippen MR) is 88.5 cm³/mol. The topological polar surface area (TPSA) is 37.3 Å². The van der Waals surface area contributed by atoms with Crippen LogP contribution in [0.25, 0.3) is 0 Å². The van der Waals surface area contributed by atoms with E-state index >= 15 is 0 Å². The Morgan fingerprint density at radius 3 is 2.43 bits per heavy atom. The molecule has 0 radical (unpaired) electrons. The molecule has 2 aromatic carbocycles. The first kappa shape index (κ1) is 17.8. The molecule has 23 heavy (non-hydrogen) atoms. The van der Waals surface area contributed by atoms with Crippen molar-refractivity contribution in [3.05, 3.63) is 68.7 Å². The number of benzene rings is 2. The van der Waals surface area contributed by atoms with Gasteiger partial charge in [0.05, 0.1) is 11.2 Å². The molecule has 0 saturated carbocycles. The molecule has 0 amide bonds. The Labute approximate surface area is 142 Å². The Bertz CT molecular complexity index is 764. The molecule has 0 unspecified atom stereocenters. The highest BCUT2D eigenvalue weighted by atomic mass is 79.9. The summed E-state index contributed by atoms with van der Waals surface area (Å²) in [5, 5.41) is 9.88. The number of carbonyl (C=O) groups excluding carboxylic acids is 1. The highest BCUT2D eigenvalue weighted by Crippen LogP contribution is 2.25. The molecule has 0 bridgehead atoms. The zero-order valence-electron chi connectivity index (χ0n) is 13.1. The van der Waals surface area contributed by atoms with Crippen LogP contribution in [0.4, 0.5) is 8.78 Å². The van der Waals surface area contributed by atoms with Crippen molar-refractivity contribution in [2.75, 3.05) is 0 Å². The van der Waals surface area contributed by atoms with Gasteiger partial charge in [0.25, 0.3) is 0 Å². The Morgan fingerprint density at radius 1 is 1.22 bits per heavy atom. The van der Waals surface area contributed by atoms with Crippen molar-refractivity contribution < 1.29 is 18.7 Å². The van der Waals surface area contributed by atoms with E-state index in [2.05, 4.69) is 15.9 Å². The average Bonchev–Trinajstić information content (AvgIpc) is 2.42. The van der Waals surface area contributed by atoms with Gasteiger partial charge in [-0.05, 0) is 61.7 Å². The van der Waals surface area contributed by atoms with E-state index in [4.69, 9.17) is 0 Å². The van der Waals surface area contributed by atoms with Crippen molar-refractivity contribution in [1.82, 2.24) is 0 Å². The van der Waals surface area contributed by atoms with E-state index in [1.807, 2.05) is 0 Å². The second-order valence-corrected chi connectivity index (χ2v) is 6.88. The predicted octanol–water partition coefficient (Wildman–Crippen LogP) is 4.69. The van der Waals surface area contributed by atoms with Crippen LogP contribution >= 0.6 is 15.9 Å². The lowest BCUT2D eigenvalue weighted by molar-refractivity contribution is 0.0780. The van der Waals surface area contributed by atoms with E-state index in [1.54, 1.807) is 6.92 Å². The number of hydrogen-bond donors (Lipinski definition) is 1. The van der Waals surface area contributed by atoms with E-state index in [-0.39, 0.29) is 12.0 Å². The molecule has 0 aliphatic rings. The zero-order valence-corrected chi connectivity index (χ0v) is 14.7. The maximum absolute atomic E-state index is 14.2. The number of hydrogen-bond acceptors (Lipinski definition) is 2. The van der Waals surface area contributed by atoms with Crippen LogP contribution in [0, 0.1) is 18.6 Å². The average molecular weight is 383 g/mol. The van der Waals surface area contributed by atoms with Crippen molar-refractivity contribution >= 4 is 21.7 Å². The summed E-state index contributed by atoms with van der Waals surface area (Å²) in [6.45, 7) is 4.84. The van der Waals surface area contributed by atoms with Crippen LogP contribution in [-0.2, 0) is 12.0 Å². The summed E-state index contributed by atoms with van der Waals surface area (Å²) in [4.78, 5) is 12.3. The third-order valence-electron chi connectivity index (χ3n) is 3.74. The quantitative estimate of drug-likeness (QED) is 0.778. The summed E-state index contributed by atoms with van der Waals surface area (Å²) < 4.78 is 28.2. The molecule has 122 valence electrons. The first-order valence-corrected chi connectivity index (χ1v) is 7.89. The van der Waals surface area contributed by atoms with Gasteiger partial charge in [-0.2, -0.15) is 0 Å². The molecule has 0 aliphatic heterocycles. The van der Waals surface area contributed by atoms with E-state index in [9.17, 15) is 18.7 Å². The standard InChI is InChI=1S/C18H17BrF2O2/c1-10-11(6-13(20)9-15(10)19)7-17(22)14-5-4-12(8-16(14)21)18(2,3)23/h4-6,8-9,23H,7H2,1-3H3. The Hall–Kier alpha value is -1.59. The summed E-state index contributed by atoms with van der Waals surface area (Å²) in [7, 11) is 0. The van der Waals surface area contributed by atoms with Gasteiger partial charge >= 0.3 is 0 Å². The second kappa shape index (κ2) is 6.49. The van der Waals surface area contributed by atoms with E-state index in [1.165, 1.54) is 38.1 Å². The Kier molecular flexibility index (Phi) is 5.01. The summed E-state index contributed by atoms with van der Waals surface area (Å²) in [6.07, 6.45) is -0.0963. The van der Waals surface area contributed by atoms with E-state index < -0.39 is 23.0 Å². The zero-order chi connectivity index (χ0) is 17.4. The number of rotatable bonds is 4. The van der Waals surface area contributed by atoms with Crippen LogP contribution in [-0.4, -0.2) is 10.9 Å². The third-order valence-corrected chi connectivity index (χ3v) is 4.57. The minimum absolute atomic E-state index is 0.0715. The van der Waals surface area contributed by atoms with Gasteiger partial charge < -0.3 is 5.11 Å². The molecule has 2 rings (SSSR count). The molecule has 2 aromatic rings. The van der Waals surface area contributed by atoms with Gasteiger partial charge in [-0.25, -0.2) is 8.78 Å². The van der Waals surface area contributed by atoms with Crippen molar-refractivity contribution in [2.45, 2.75) is 32.8 Å². The van der Waals surface area contributed by atoms with Gasteiger partial charge in [-0.1, -0.05) is 22.0 Å². The lowest BCUT2D eigenvalue weighted by Crippen LogP contribution is -2.17. The lowest BCUT2D eigenvalue weighted by atomic mass is 9.94. The molecule has 0 aliphatic carbocycles. The molecular formula is C18H17BrF2O2.